The van der Waals surface area contributed by atoms with Crippen LogP contribution in [0.5, 0.6) is 0 Å². The number of amides is 2. The number of hydrogen-bond donors (Lipinski definition) is 1. The summed E-state index contributed by atoms with van der Waals surface area (Å²) in [6.07, 6.45) is 3.13. The molecule has 1 N–H and O–H groups in total. The molecule has 12 heteroatoms. The molecule has 2 aliphatic rings. The maximum atomic E-state index is 13.7. The van der Waals surface area contributed by atoms with Gasteiger partial charge in [-0.25, -0.2) is 9.78 Å². The van der Waals surface area contributed by atoms with E-state index in [4.69, 9.17) is 4.74 Å². The molecule has 0 radical (unpaired) electrons. The normalized spacial score (nSPS) is 15.1. The minimum atomic E-state index is -0.631. The number of carbonyl (C=O) groups is 2. The van der Waals surface area contributed by atoms with Gasteiger partial charge in [-0.2, -0.15) is 4.98 Å². The van der Waals surface area contributed by atoms with Crippen molar-refractivity contribution in [3.63, 3.8) is 0 Å². The molecule has 4 aromatic rings. The van der Waals surface area contributed by atoms with E-state index >= 15 is 0 Å². The number of nitrogens with zero attached hydrogens (tertiary/aromatic N) is 7. The summed E-state index contributed by atoms with van der Waals surface area (Å²) in [5.41, 5.74) is 3.76. The first-order valence-corrected chi connectivity index (χ1v) is 13.9. The highest BCUT2D eigenvalue weighted by Crippen LogP contribution is 2.40. The van der Waals surface area contributed by atoms with Crippen molar-refractivity contribution in [3.8, 4) is 0 Å². The van der Waals surface area contributed by atoms with E-state index in [1.54, 1.807) is 42.2 Å². The third kappa shape index (κ3) is 4.72. The first kappa shape index (κ1) is 27.3. The molecule has 1 aromatic carbocycles. The van der Waals surface area contributed by atoms with Crippen LogP contribution in [0.3, 0.4) is 0 Å². The van der Waals surface area contributed by atoms with Crippen LogP contribution in [0.25, 0.3) is 11.0 Å². The Labute approximate surface area is 243 Å². The molecule has 0 spiro atoms. The van der Waals surface area contributed by atoms with Crippen LogP contribution in [-0.2, 0) is 18.3 Å². The summed E-state index contributed by atoms with van der Waals surface area (Å²) in [5.74, 6) is 0.285. The molecule has 12 nitrogen and oxygen atoms in total. The summed E-state index contributed by atoms with van der Waals surface area (Å²) in [6.45, 7) is 9.59. The second-order valence-corrected chi connectivity index (χ2v) is 11.8. The monoisotopic (exact) mass is 570 g/mol. The highest BCUT2D eigenvalue weighted by atomic mass is 16.6. The molecule has 6 rings (SSSR count). The van der Waals surface area contributed by atoms with E-state index in [0.717, 1.165) is 16.9 Å². The fourth-order valence-corrected chi connectivity index (χ4v) is 5.50. The minimum Gasteiger partial charge on any atom is -0.443 e. The largest absolute Gasteiger partial charge is 0.443 e. The Morgan fingerprint density at radius 3 is 2.57 bits per heavy atom. The Morgan fingerprint density at radius 1 is 1.02 bits per heavy atom. The summed E-state index contributed by atoms with van der Waals surface area (Å²) < 4.78 is 9.10. The maximum Gasteiger partial charge on any atom is 0.414 e. The van der Waals surface area contributed by atoms with Gasteiger partial charge in [0.05, 0.1) is 17.1 Å². The van der Waals surface area contributed by atoms with Crippen molar-refractivity contribution in [1.82, 2.24) is 24.0 Å². The van der Waals surface area contributed by atoms with Crippen molar-refractivity contribution in [1.29, 1.82) is 0 Å². The van der Waals surface area contributed by atoms with Crippen LogP contribution in [0.2, 0.25) is 0 Å². The topological polar surface area (TPSA) is 118 Å². The van der Waals surface area contributed by atoms with Crippen molar-refractivity contribution >= 4 is 51.7 Å². The molecular formula is C30H34N8O4. The van der Waals surface area contributed by atoms with Gasteiger partial charge in [-0.1, -0.05) is 12.1 Å². The lowest BCUT2D eigenvalue weighted by atomic mass is 10.1. The summed E-state index contributed by atoms with van der Waals surface area (Å²) in [5, 5.41) is 3.86. The molecule has 2 amide bonds. The van der Waals surface area contributed by atoms with Crippen LogP contribution in [0, 0.1) is 6.92 Å². The molecule has 2 aliphatic heterocycles. The minimum absolute atomic E-state index is 0.0349. The first-order chi connectivity index (χ1) is 19.9. The van der Waals surface area contributed by atoms with Gasteiger partial charge < -0.3 is 24.4 Å². The fraction of sp³-hybridized carbons (Fsp3) is 0.367. The van der Waals surface area contributed by atoms with Gasteiger partial charge >= 0.3 is 6.09 Å². The number of rotatable bonds is 3. The zero-order chi connectivity index (χ0) is 29.9. The van der Waals surface area contributed by atoms with Crippen LogP contribution < -0.4 is 20.7 Å². The van der Waals surface area contributed by atoms with E-state index in [1.165, 1.54) is 4.57 Å². The van der Waals surface area contributed by atoms with Gasteiger partial charge in [-0.05, 0) is 51.5 Å². The molecule has 218 valence electrons. The van der Waals surface area contributed by atoms with Crippen LogP contribution in [0.4, 0.5) is 33.5 Å². The van der Waals surface area contributed by atoms with E-state index in [0.29, 0.717) is 60.2 Å². The molecule has 5 heterocycles. The number of fused-ring (bicyclic) bond motifs is 3. The zero-order valence-corrected chi connectivity index (χ0v) is 24.6. The SMILES string of the molecule is Cc1cccc2c1N(C(=O)OC(C)(C)C)CCN2c1cc2cnc(Nc3cc4n(c3)CCN(C)C4=O)nc2n(C)c1=O. The molecule has 0 unspecified atom stereocenters. The highest BCUT2D eigenvalue weighted by Gasteiger charge is 2.33. The van der Waals surface area contributed by atoms with Gasteiger partial charge in [0.2, 0.25) is 5.95 Å². The predicted molar refractivity (Wildman–Crippen MR) is 161 cm³/mol. The predicted octanol–water partition coefficient (Wildman–Crippen LogP) is 4.16. The number of nitrogens with one attached hydrogen (secondary N) is 1. The highest BCUT2D eigenvalue weighted by molar-refractivity contribution is 5.97. The number of aromatic nitrogens is 4. The van der Waals surface area contributed by atoms with Crippen molar-refractivity contribution < 1.29 is 14.3 Å². The average molecular weight is 571 g/mol. The number of pyridine rings is 1. The molecular weight excluding hydrogens is 536 g/mol. The average Bonchev–Trinajstić information content (AvgIpc) is 3.35. The Morgan fingerprint density at radius 2 is 1.81 bits per heavy atom. The number of para-hydroxylation sites is 1. The quantitative estimate of drug-likeness (QED) is 0.390. The molecule has 0 fully saturated rings. The van der Waals surface area contributed by atoms with Crippen LogP contribution >= 0.6 is 0 Å². The number of aryl methyl sites for hydroxylation is 2. The van der Waals surface area contributed by atoms with Crippen molar-refractivity contribution in [2.24, 2.45) is 7.05 Å². The van der Waals surface area contributed by atoms with E-state index in [2.05, 4.69) is 15.3 Å². The van der Waals surface area contributed by atoms with Crippen LogP contribution in [0.15, 0.2) is 47.5 Å². The molecule has 0 bridgehead atoms. The molecule has 0 aliphatic carbocycles. The summed E-state index contributed by atoms with van der Waals surface area (Å²) in [7, 11) is 3.47. The third-order valence-electron chi connectivity index (χ3n) is 7.55. The van der Waals surface area contributed by atoms with Crippen molar-refractivity contribution in [2.45, 2.75) is 39.8 Å². The van der Waals surface area contributed by atoms with E-state index in [9.17, 15) is 14.4 Å². The standard InChI is InChI=1S/C30H34N8O4/c1-18-8-7-9-21-24(18)38(29(41)42-30(2,3)4)13-12-37(21)23-14-19-16-31-28(33-25(19)35(6)27(23)40)32-20-15-22-26(39)34(5)10-11-36(22)17-20/h7-9,14-17H,10-13H2,1-6H3,(H,31,32,33). The smallest absolute Gasteiger partial charge is 0.414 e. The summed E-state index contributed by atoms with van der Waals surface area (Å²) in [6, 6.07) is 9.34. The Bertz CT molecular complexity index is 1800. The lowest BCUT2D eigenvalue weighted by Gasteiger charge is -2.39. The molecule has 0 saturated heterocycles. The summed E-state index contributed by atoms with van der Waals surface area (Å²) in [4.78, 5) is 53.7. The van der Waals surface area contributed by atoms with Gasteiger partial charge in [-0.3, -0.25) is 19.1 Å². The Balaban J connectivity index is 1.34. The van der Waals surface area contributed by atoms with Crippen molar-refractivity contribution in [3.05, 3.63) is 64.3 Å². The molecule has 0 saturated carbocycles. The number of anilines is 5. The van der Waals surface area contributed by atoms with Gasteiger partial charge in [-0.15, -0.1) is 0 Å². The second kappa shape index (κ2) is 9.89. The van der Waals surface area contributed by atoms with Crippen LogP contribution in [0.1, 0.15) is 36.8 Å². The lowest BCUT2D eigenvalue weighted by molar-refractivity contribution is 0.0579. The Kier molecular flexibility index (Phi) is 6.43. The molecule has 0 atom stereocenters. The summed E-state index contributed by atoms with van der Waals surface area (Å²) >= 11 is 0. The molecule has 3 aromatic heterocycles. The first-order valence-electron chi connectivity index (χ1n) is 13.9. The number of hydrogen-bond acceptors (Lipinski definition) is 8. The van der Waals surface area contributed by atoms with Crippen molar-refractivity contribution in [2.75, 3.05) is 41.8 Å². The van der Waals surface area contributed by atoms with Gasteiger partial charge in [0.25, 0.3) is 11.5 Å². The van der Waals surface area contributed by atoms with E-state index in [-0.39, 0.29) is 11.5 Å². The van der Waals surface area contributed by atoms with E-state index < -0.39 is 11.7 Å². The number of carbonyl (C=O) groups excluding carboxylic acids is 2. The van der Waals surface area contributed by atoms with Crippen LogP contribution in [-0.4, -0.2) is 68.3 Å². The van der Waals surface area contributed by atoms with E-state index in [1.807, 2.05) is 61.6 Å². The molecule has 42 heavy (non-hydrogen) atoms. The lowest BCUT2D eigenvalue weighted by Crippen LogP contribution is -2.46. The van der Waals surface area contributed by atoms with Gasteiger partial charge in [0.15, 0.2) is 0 Å². The van der Waals surface area contributed by atoms with Gasteiger partial charge in [0.1, 0.15) is 22.6 Å². The third-order valence-corrected chi connectivity index (χ3v) is 7.55. The maximum absolute atomic E-state index is 13.7. The second-order valence-electron chi connectivity index (χ2n) is 11.8. The number of likely N-dealkylation sites (N-methyl/N-ethyl adjacent to an activating group) is 1. The zero-order valence-electron chi connectivity index (χ0n) is 24.6. The Hall–Kier alpha value is -4.87. The fourth-order valence-electron chi connectivity index (χ4n) is 5.50. The number of benzene rings is 1. The number of ether oxygens (including phenoxy) is 1. The van der Waals surface area contributed by atoms with Gasteiger partial charge in [0, 0.05) is 58.1 Å².